The van der Waals surface area contributed by atoms with Gasteiger partial charge in [0.05, 0.1) is 6.61 Å². The number of carbonyl (C=O) groups excluding carboxylic acids is 3. The van der Waals surface area contributed by atoms with Crippen molar-refractivity contribution in [2.45, 2.75) is 77.0 Å². The average molecular weight is 614 g/mol. The molecule has 4 rings (SSSR count). The summed E-state index contributed by atoms with van der Waals surface area (Å²) >= 11 is 0. The standard InChI is InChI=1S/C37H47N3O5/c1-6-44-35(43)45-37(26-28-12-8-7-9-13-28)18-20-40(21-19-37)34(42)32(39(5)33(41)22-27(2)25-36(3,4)38)24-29-16-17-30-14-10-11-15-31(30)23-29/h7-17,22-23,32H,6,18-21,24-26,38H2,1-5H3/b27-22+/t32-/m1/s1. The first-order valence-corrected chi connectivity index (χ1v) is 15.8. The second-order valence-corrected chi connectivity index (χ2v) is 13.0. The summed E-state index contributed by atoms with van der Waals surface area (Å²) in [6, 6.07) is 23.4. The van der Waals surface area contributed by atoms with Gasteiger partial charge in [0.25, 0.3) is 0 Å². The van der Waals surface area contributed by atoms with Gasteiger partial charge in [0, 0.05) is 57.4 Å². The maximum absolute atomic E-state index is 14.3. The number of likely N-dealkylation sites (tertiary alicyclic amines) is 1. The predicted octanol–water partition coefficient (Wildman–Crippen LogP) is 6.06. The van der Waals surface area contributed by atoms with Crippen LogP contribution < -0.4 is 5.73 Å². The highest BCUT2D eigenvalue weighted by Gasteiger charge is 2.42. The number of rotatable bonds is 11. The summed E-state index contributed by atoms with van der Waals surface area (Å²) in [5.41, 5.74) is 7.82. The number of benzene rings is 3. The Morgan fingerprint density at radius 3 is 2.27 bits per heavy atom. The quantitative estimate of drug-likeness (QED) is 0.208. The molecular formula is C37H47N3O5. The highest BCUT2D eigenvalue weighted by molar-refractivity contribution is 5.93. The molecule has 0 radical (unpaired) electrons. The van der Waals surface area contributed by atoms with Gasteiger partial charge in [-0.2, -0.15) is 0 Å². The molecule has 0 aromatic heterocycles. The van der Waals surface area contributed by atoms with E-state index in [9.17, 15) is 14.4 Å². The van der Waals surface area contributed by atoms with Crippen LogP contribution in [0.4, 0.5) is 4.79 Å². The fraction of sp³-hybridized carbons (Fsp3) is 0.432. The summed E-state index contributed by atoms with van der Waals surface area (Å²) < 4.78 is 11.1. The smallest absolute Gasteiger partial charge is 0.435 e. The largest absolute Gasteiger partial charge is 0.508 e. The maximum atomic E-state index is 14.3. The van der Waals surface area contributed by atoms with Gasteiger partial charge in [0.2, 0.25) is 11.8 Å². The van der Waals surface area contributed by atoms with Gasteiger partial charge in [0.15, 0.2) is 0 Å². The molecule has 3 aromatic rings. The van der Waals surface area contributed by atoms with Gasteiger partial charge in [0.1, 0.15) is 11.6 Å². The molecule has 1 fully saturated rings. The van der Waals surface area contributed by atoms with Crippen molar-refractivity contribution in [3.8, 4) is 0 Å². The van der Waals surface area contributed by atoms with E-state index >= 15 is 0 Å². The molecule has 1 heterocycles. The third kappa shape index (κ3) is 9.41. The Bertz CT molecular complexity index is 1500. The minimum Gasteiger partial charge on any atom is -0.435 e. The fourth-order valence-corrected chi connectivity index (χ4v) is 6.17. The van der Waals surface area contributed by atoms with Gasteiger partial charge in [-0.3, -0.25) is 9.59 Å². The number of amides is 2. The van der Waals surface area contributed by atoms with E-state index in [2.05, 4.69) is 12.1 Å². The molecular weight excluding hydrogens is 566 g/mol. The number of likely N-dealkylation sites (N-methyl/N-ethyl adjacent to an activating group) is 1. The van der Waals surface area contributed by atoms with Crippen LogP contribution in [-0.2, 0) is 31.9 Å². The Morgan fingerprint density at radius 2 is 1.62 bits per heavy atom. The molecule has 240 valence electrons. The number of nitrogens with zero attached hydrogens (tertiary/aromatic N) is 2. The molecule has 1 saturated heterocycles. The monoisotopic (exact) mass is 613 g/mol. The van der Waals surface area contributed by atoms with Gasteiger partial charge in [-0.1, -0.05) is 78.4 Å². The van der Waals surface area contributed by atoms with Crippen LogP contribution in [0.2, 0.25) is 0 Å². The first-order valence-electron chi connectivity index (χ1n) is 15.8. The SMILES string of the molecule is CCOC(=O)OC1(Cc2ccccc2)CCN(C(=O)[C@@H](Cc2ccc3ccccc3c2)N(C)C(=O)/C=C(\C)CC(C)(C)N)CC1. The topological polar surface area (TPSA) is 102 Å². The van der Waals surface area contributed by atoms with Crippen molar-refractivity contribution in [1.82, 2.24) is 9.80 Å². The maximum Gasteiger partial charge on any atom is 0.508 e. The summed E-state index contributed by atoms with van der Waals surface area (Å²) in [6.07, 6.45) is 3.25. The van der Waals surface area contributed by atoms with Gasteiger partial charge >= 0.3 is 6.16 Å². The summed E-state index contributed by atoms with van der Waals surface area (Å²) in [5.74, 6) is -0.370. The number of hydrogen-bond donors (Lipinski definition) is 1. The normalized spacial score (nSPS) is 15.8. The van der Waals surface area contributed by atoms with E-state index in [0.29, 0.717) is 45.2 Å². The van der Waals surface area contributed by atoms with Crippen LogP contribution in [-0.4, -0.2) is 71.7 Å². The first-order chi connectivity index (χ1) is 21.4. The highest BCUT2D eigenvalue weighted by atomic mass is 16.7. The van der Waals surface area contributed by atoms with Gasteiger partial charge in [-0.25, -0.2) is 4.79 Å². The zero-order valence-electron chi connectivity index (χ0n) is 27.3. The van der Waals surface area contributed by atoms with Crippen LogP contribution in [0.15, 0.2) is 84.4 Å². The molecule has 0 aliphatic carbocycles. The average Bonchev–Trinajstić information content (AvgIpc) is 2.99. The molecule has 2 amide bonds. The number of nitrogens with two attached hydrogens (primary N) is 1. The summed E-state index contributed by atoms with van der Waals surface area (Å²) in [6.45, 7) is 8.47. The number of hydrogen-bond acceptors (Lipinski definition) is 6. The van der Waals surface area contributed by atoms with Crippen LogP contribution in [0.1, 0.15) is 58.1 Å². The number of fused-ring (bicyclic) bond motifs is 1. The predicted molar refractivity (Wildman–Crippen MR) is 178 cm³/mol. The van der Waals surface area contributed by atoms with E-state index in [-0.39, 0.29) is 18.4 Å². The number of ether oxygens (including phenoxy) is 2. The minimum atomic E-state index is -0.797. The van der Waals surface area contributed by atoms with Crippen molar-refractivity contribution in [3.05, 3.63) is 95.6 Å². The second kappa shape index (κ2) is 14.7. The number of piperidine rings is 1. The molecule has 8 nitrogen and oxygen atoms in total. The molecule has 0 unspecified atom stereocenters. The van der Waals surface area contributed by atoms with Gasteiger partial charge in [-0.05, 0) is 56.0 Å². The molecule has 8 heteroatoms. The van der Waals surface area contributed by atoms with Crippen LogP contribution in [0.25, 0.3) is 10.8 Å². The van der Waals surface area contributed by atoms with E-state index in [1.54, 1.807) is 29.8 Å². The van der Waals surface area contributed by atoms with Gasteiger partial charge in [-0.15, -0.1) is 0 Å². The molecule has 0 spiro atoms. The Balaban J connectivity index is 1.57. The van der Waals surface area contributed by atoms with Crippen LogP contribution in [0.5, 0.6) is 0 Å². The Hall–Kier alpha value is -4.17. The van der Waals surface area contributed by atoms with Crippen molar-refractivity contribution in [2.75, 3.05) is 26.7 Å². The highest BCUT2D eigenvalue weighted by Crippen LogP contribution is 2.32. The fourth-order valence-electron chi connectivity index (χ4n) is 6.17. The van der Waals surface area contributed by atoms with Crippen molar-refractivity contribution < 1.29 is 23.9 Å². The minimum absolute atomic E-state index is 0.131. The molecule has 0 bridgehead atoms. The molecule has 1 atom stereocenters. The van der Waals surface area contributed by atoms with E-state index in [1.807, 2.05) is 81.4 Å². The summed E-state index contributed by atoms with van der Waals surface area (Å²) in [4.78, 5) is 43.6. The molecule has 1 aliphatic heterocycles. The van der Waals surface area contributed by atoms with Crippen LogP contribution >= 0.6 is 0 Å². The van der Waals surface area contributed by atoms with Crippen molar-refractivity contribution in [3.63, 3.8) is 0 Å². The lowest BCUT2D eigenvalue weighted by Crippen LogP contribution is -2.55. The van der Waals surface area contributed by atoms with Gasteiger partial charge < -0.3 is 25.0 Å². The van der Waals surface area contributed by atoms with E-state index in [0.717, 1.165) is 27.5 Å². The van der Waals surface area contributed by atoms with Crippen LogP contribution in [0.3, 0.4) is 0 Å². The Labute approximate surface area is 267 Å². The summed E-state index contributed by atoms with van der Waals surface area (Å²) in [5, 5.41) is 2.19. The van der Waals surface area contributed by atoms with E-state index < -0.39 is 23.3 Å². The van der Waals surface area contributed by atoms with Crippen molar-refractivity contribution >= 4 is 28.7 Å². The zero-order chi connectivity index (χ0) is 32.6. The molecule has 45 heavy (non-hydrogen) atoms. The Morgan fingerprint density at radius 1 is 0.978 bits per heavy atom. The first kappa shape index (κ1) is 33.7. The number of carbonyl (C=O) groups is 3. The van der Waals surface area contributed by atoms with Crippen molar-refractivity contribution in [1.29, 1.82) is 0 Å². The molecule has 1 aliphatic rings. The zero-order valence-corrected chi connectivity index (χ0v) is 27.3. The third-order valence-corrected chi connectivity index (χ3v) is 8.36. The van der Waals surface area contributed by atoms with E-state index in [1.165, 1.54) is 0 Å². The van der Waals surface area contributed by atoms with Crippen LogP contribution in [0, 0.1) is 0 Å². The van der Waals surface area contributed by atoms with E-state index in [4.69, 9.17) is 15.2 Å². The lowest BCUT2D eigenvalue weighted by atomic mass is 9.84. The lowest BCUT2D eigenvalue weighted by molar-refractivity contribution is -0.146. The Kier molecular flexibility index (Phi) is 11.0. The lowest BCUT2D eigenvalue weighted by Gasteiger charge is -2.42. The molecule has 0 saturated carbocycles. The third-order valence-electron chi connectivity index (χ3n) is 8.36. The second-order valence-electron chi connectivity index (χ2n) is 13.0. The van der Waals surface area contributed by atoms with Crippen molar-refractivity contribution in [2.24, 2.45) is 5.73 Å². The molecule has 3 aromatic carbocycles. The summed E-state index contributed by atoms with van der Waals surface area (Å²) in [7, 11) is 1.69. The molecule has 2 N–H and O–H groups in total.